The number of hydrogen-bond acceptors (Lipinski definition) is 3. The SMILES string of the molecule is [O-]c1ccccc1N=Cc1ccc(O)cc1. The van der Waals surface area contributed by atoms with Crippen LogP contribution in [0.2, 0.25) is 0 Å². The molecule has 0 fully saturated rings. The molecular weight excluding hydrogens is 202 g/mol. The van der Waals surface area contributed by atoms with E-state index in [2.05, 4.69) is 4.99 Å². The number of aromatic hydroxyl groups is 1. The third kappa shape index (κ3) is 2.39. The van der Waals surface area contributed by atoms with Crippen molar-refractivity contribution in [3.63, 3.8) is 0 Å². The number of phenols is 1. The maximum atomic E-state index is 11.3. The van der Waals surface area contributed by atoms with Gasteiger partial charge >= 0.3 is 0 Å². The molecule has 0 aliphatic carbocycles. The molecule has 0 aromatic heterocycles. The molecule has 0 unspecified atom stereocenters. The quantitative estimate of drug-likeness (QED) is 0.776. The van der Waals surface area contributed by atoms with E-state index in [4.69, 9.17) is 5.11 Å². The lowest BCUT2D eigenvalue weighted by Gasteiger charge is -2.07. The summed E-state index contributed by atoms with van der Waals surface area (Å²) in [7, 11) is 0. The molecule has 0 aliphatic rings. The van der Waals surface area contributed by atoms with Gasteiger partial charge in [-0.05, 0) is 35.9 Å². The van der Waals surface area contributed by atoms with E-state index in [0.29, 0.717) is 5.69 Å². The zero-order valence-electron chi connectivity index (χ0n) is 8.50. The topological polar surface area (TPSA) is 55.7 Å². The summed E-state index contributed by atoms with van der Waals surface area (Å²) in [5.41, 5.74) is 1.25. The fraction of sp³-hybridized carbons (Fsp3) is 0. The molecule has 0 aliphatic heterocycles. The summed E-state index contributed by atoms with van der Waals surface area (Å²) in [6, 6.07) is 13.2. The molecule has 0 spiro atoms. The Bertz CT molecular complexity index is 504. The van der Waals surface area contributed by atoms with Crippen molar-refractivity contribution in [3.8, 4) is 11.5 Å². The van der Waals surface area contributed by atoms with Gasteiger partial charge in [-0.3, -0.25) is 4.99 Å². The van der Waals surface area contributed by atoms with Gasteiger partial charge < -0.3 is 10.2 Å². The average Bonchev–Trinajstić information content (AvgIpc) is 2.30. The number of phenolic OH excluding ortho intramolecular Hbond substituents is 1. The molecule has 2 rings (SSSR count). The highest BCUT2D eigenvalue weighted by Gasteiger charge is 1.90. The Labute approximate surface area is 93.3 Å². The molecule has 16 heavy (non-hydrogen) atoms. The van der Waals surface area contributed by atoms with E-state index in [0.717, 1.165) is 5.56 Å². The van der Waals surface area contributed by atoms with Crippen LogP contribution in [0.15, 0.2) is 53.5 Å². The molecule has 3 heteroatoms. The van der Waals surface area contributed by atoms with Crippen molar-refractivity contribution >= 4 is 11.9 Å². The smallest absolute Gasteiger partial charge is 0.115 e. The second-order valence-electron chi connectivity index (χ2n) is 3.32. The zero-order valence-corrected chi connectivity index (χ0v) is 8.50. The van der Waals surface area contributed by atoms with Crippen molar-refractivity contribution in [2.45, 2.75) is 0 Å². The molecular formula is C13H10NO2-. The number of benzene rings is 2. The number of rotatable bonds is 2. The number of nitrogens with zero attached hydrogens (tertiary/aromatic N) is 1. The summed E-state index contributed by atoms with van der Waals surface area (Å²) in [6.07, 6.45) is 1.59. The van der Waals surface area contributed by atoms with Gasteiger partial charge in [-0.1, -0.05) is 23.9 Å². The van der Waals surface area contributed by atoms with Gasteiger partial charge in [0, 0.05) is 6.21 Å². The van der Waals surface area contributed by atoms with Crippen LogP contribution in [0.25, 0.3) is 0 Å². The van der Waals surface area contributed by atoms with Crippen LogP contribution in [0.1, 0.15) is 5.56 Å². The Morgan fingerprint density at radius 3 is 2.38 bits per heavy atom. The molecule has 80 valence electrons. The van der Waals surface area contributed by atoms with Crippen molar-refractivity contribution in [2.24, 2.45) is 4.99 Å². The third-order valence-electron chi connectivity index (χ3n) is 2.11. The molecule has 2 aromatic rings. The van der Waals surface area contributed by atoms with Crippen LogP contribution in [-0.4, -0.2) is 11.3 Å². The number of aliphatic imine (C=N–C) groups is 1. The van der Waals surface area contributed by atoms with Gasteiger partial charge in [-0.15, -0.1) is 0 Å². The van der Waals surface area contributed by atoms with E-state index in [1.54, 1.807) is 48.7 Å². The van der Waals surface area contributed by atoms with Crippen LogP contribution in [0.5, 0.6) is 11.5 Å². The minimum absolute atomic E-state index is 0.0995. The van der Waals surface area contributed by atoms with Gasteiger partial charge in [0.1, 0.15) is 5.75 Å². The molecule has 0 saturated carbocycles. The van der Waals surface area contributed by atoms with Crippen LogP contribution in [0.3, 0.4) is 0 Å². The maximum Gasteiger partial charge on any atom is 0.115 e. The van der Waals surface area contributed by atoms with Gasteiger partial charge in [-0.25, -0.2) is 0 Å². The summed E-state index contributed by atoms with van der Waals surface area (Å²) >= 11 is 0. The third-order valence-corrected chi connectivity index (χ3v) is 2.11. The fourth-order valence-corrected chi connectivity index (χ4v) is 1.27. The minimum atomic E-state index is -0.0995. The summed E-state index contributed by atoms with van der Waals surface area (Å²) in [5.74, 6) is 0.110. The lowest BCUT2D eigenvalue weighted by atomic mass is 10.2. The first-order valence-electron chi connectivity index (χ1n) is 4.85. The largest absolute Gasteiger partial charge is 0.871 e. The van der Waals surface area contributed by atoms with Gasteiger partial charge in [0.2, 0.25) is 0 Å². The molecule has 0 saturated heterocycles. The molecule has 0 amide bonds. The predicted molar refractivity (Wildman–Crippen MR) is 61.2 cm³/mol. The zero-order chi connectivity index (χ0) is 11.4. The number of hydrogen-bond donors (Lipinski definition) is 1. The van der Waals surface area contributed by atoms with Crippen LogP contribution >= 0.6 is 0 Å². The summed E-state index contributed by atoms with van der Waals surface area (Å²) < 4.78 is 0. The summed E-state index contributed by atoms with van der Waals surface area (Å²) in [6.45, 7) is 0. The van der Waals surface area contributed by atoms with E-state index < -0.39 is 0 Å². The minimum Gasteiger partial charge on any atom is -0.871 e. The second kappa shape index (κ2) is 4.49. The van der Waals surface area contributed by atoms with Crippen molar-refractivity contribution in [2.75, 3.05) is 0 Å². The van der Waals surface area contributed by atoms with Crippen molar-refractivity contribution in [3.05, 3.63) is 54.1 Å². The predicted octanol–water partition coefficient (Wildman–Crippen LogP) is 2.22. The lowest BCUT2D eigenvalue weighted by Crippen LogP contribution is -1.89. The van der Waals surface area contributed by atoms with Gasteiger partial charge in [0.15, 0.2) is 0 Å². The second-order valence-corrected chi connectivity index (χ2v) is 3.32. The molecule has 0 bridgehead atoms. The van der Waals surface area contributed by atoms with Crippen LogP contribution < -0.4 is 5.11 Å². The standard InChI is InChI=1S/C13H11NO2/c15-11-7-5-10(6-8-11)9-14-12-3-1-2-4-13(12)16/h1-9,15-16H/p-1. The highest BCUT2D eigenvalue weighted by molar-refractivity contribution is 5.82. The van der Waals surface area contributed by atoms with E-state index in [9.17, 15) is 5.11 Å². The van der Waals surface area contributed by atoms with E-state index in [1.165, 1.54) is 6.07 Å². The Morgan fingerprint density at radius 1 is 1.00 bits per heavy atom. The van der Waals surface area contributed by atoms with Gasteiger partial charge in [0.05, 0.1) is 5.69 Å². The summed E-state index contributed by atoms with van der Waals surface area (Å²) in [5, 5.41) is 20.4. The maximum absolute atomic E-state index is 11.3. The Hall–Kier alpha value is -2.29. The highest BCUT2D eigenvalue weighted by atomic mass is 16.3. The van der Waals surface area contributed by atoms with Gasteiger partial charge in [-0.2, -0.15) is 0 Å². The van der Waals surface area contributed by atoms with E-state index in [1.807, 2.05) is 0 Å². The molecule has 3 nitrogen and oxygen atoms in total. The number of para-hydroxylation sites is 2. The fourth-order valence-electron chi connectivity index (χ4n) is 1.27. The molecule has 2 aromatic carbocycles. The monoisotopic (exact) mass is 212 g/mol. The van der Waals surface area contributed by atoms with Crippen molar-refractivity contribution < 1.29 is 10.2 Å². The molecule has 0 radical (unpaired) electrons. The first-order chi connectivity index (χ1) is 7.75. The van der Waals surface area contributed by atoms with Crippen molar-refractivity contribution in [1.82, 2.24) is 0 Å². The van der Waals surface area contributed by atoms with E-state index in [-0.39, 0.29) is 11.5 Å². The van der Waals surface area contributed by atoms with Gasteiger partial charge in [0.25, 0.3) is 0 Å². The van der Waals surface area contributed by atoms with Crippen molar-refractivity contribution in [1.29, 1.82) is 0 Å². The first-order valence-corrected chi connectivity index (χ1v) is 4.85. The molecule has 1 N–H and O–H groups in total. The Morgan fingerprint density at radius 2 is 1.69 bits per heavy atom. The highest BCUT2D eigenvalue weighted by Crippen LogP contribution is 2.21. The molecule has 0 heterocycles. The Balaban J connectivity index is 2.21. The Kier molecular flexibility index (Phi) is 2.87. The first kappa shape index (κ1) is 10.2. The van der Waals surface area contributed by atoms with Crippen LogP contribution in [-0.2, 0) is 0 Å². The summed E-state index contributed by atoms with van der Waals surface area (Å²) in [4.78, 5) is 4.09. The lowest BCUT2D eigenvalue weighted by molar-refractivity contribution is -0.267. The molecule has 0 atom stereocenters. The normalized spacial score (nSPS) is 10.8. The average molecular weight is 212 g/mol. The van der Waals surface area contributed by atoms with Crippen LogP contribution in [0.4, 0.5) is 5.69 Å². The van der Waals surface area contributed by atoms with Crippen LogP contribution in [0, 0.1) is 0 Å². The van der Waals surface area contributed by atoms with E-state index >= 15 is 0 Å².